The van der Waals surface area contributed by atoms with Crippen molar-refractivity contribution in [2.45, 2.75) is 31.0 Å². The molecule has 0 aromatic carbocycles. The number of nitrogens with zero attached hydrogens (tertiary/aromatic N) is 3. The molecule has 33 heavy (non-hydrogen) atoms. The maximum atomic E-state index is 11.6. The molecule has 3 N–H and O–H groups in total. The van der Waals surface area contributed by atoms with Crippen molar-refractivity contribution < 1.29 is 10.2 Å². The smallest absolute Gasteiger partial charge is 0.137 e. The minimum Gasteiger partial charge on any atom is -0.385 e. The average Bonchev–Trinajstić information content (AvgIpc) is 3.45. The van der Waals surface area contributed by atoms with Crippen LogP contribution in [0.1, 0.15) is 36.7 Å². The summed E-state index contributed by atoms with van der Waals surface area (Å²) in [6, 6.07) is 7.60. The van der Waals surface area contributed by atoms with Gasteiger partial charge in [0.1, 0.15) is 16.3 Å². The lowest BCUT2D eigenvalue weighted by Gasteiger charge is -2.26. The van der Waals surface area contributed by atoms with Crippen molar-refractivity contribution in [3.8, 4) is 10.6 Å². The molecule has 6 nitrogen and oxygen atoms in total. The Hall–Kier alpha value is -3.39. The van der Waals surface area contributed by atoms with Gasteiger partial charge in [-0.1, -0.05) is 30.4 Å². The minimum absolute atomic E-state index is 0.174. The summed E-state index contributed by atoms with van der Waals surface area (Å²) < 4.78 is 0. The van der Waals surface area contributed by atoms with E-state index in [1.807, 2.05) is 48.7 Å². The van der Waals surface area contributed by atoms with E-state index in [0.717, 1.165) is 38.4 Å². The molecule has 4 heterocycles. The van der Waals surface area contributed by atoms with E-state index in [4.69, 9.17) is 4.98 Å². The fourth-order valence-electron chi connectivity index (χ4n) is 4.88. The molecule has 4 aromatic rings. The summed E-state index contributed by atoms with van der Waals surface area (Å²) in [5.74, 6) is 0. The fraction of sp³-hybridized carbons (Fsp3) is 0.192. The summed E-state index contributed by atoms with van der Waals surface area (Å²) in [5, 5.41) is 26.6. The van der Waals surface area contributed by atoms with Gasteiger partial charge >= 0.3 is 0 Å². The molecule has 2 aliphatic carbocycles. The summed E-state index contributed by atoms with van der Waals surface area (Å²) >= 11 is 1.60. The minimum atomic E-state index is -1.33. The number of nitrogens with one attached hydrogen (secondary N) is 1. The van der Waals surface area contributed by atoms with Gasteiger partial charge in [-0.25, -0.2) is 9.97 Å². The molecule has 0 bridgehead atoms. The molecule has 0 amide bonds. The summed E-state index contributed by atoms with van der Waals surface area (Å²) in [6.45, 7) is 1.73. The van der Waals surface area contributed by atoms with Crippen molar-refractivity contribution in [1.29, 1.82) is 0 Å². The standard InChI is InChI=1S/C26H22N4O2S/c1-25(31)15-26(32,22-20(25)8-4-11-27-22)17-6-2-5-16(9-10-17)21-14-33-24(30-21)19-13-29-23-18(19)7-3-12-28-23/h2-8,10-14,31-32H,9,15H2,1H3,(H,28,29)/t25-,26+/m0/s1. The molecule has 2 aliphatic rings. The molecule has 0 saturated heterocycles. The van der Waals surface area contributed by atoms with Gasteiger partial charge in [0.15, 0.2) is 0 Å². The Kier molecular flexibility index (Phi) is 4.48. The number of pyridine rings is 2. The second-order valence-corrected chi connectivity index (χ2v) is 9.62. The van der Waals surface area contributed by atoms with E-state index >= 15 is 0 Å². The zero-order chi connectivity index (χ0) is 22.6. The van der Waals surface area contributed by atoms with Crippen LogP contribution in [0.2, 0.25) is 0 Å². The van der Waals surface area contributed by atoms with Gasteiger partial charge in [0.2, 0.25) is 0 Å². The number of aromatic nitrogens is 4. The van der Waals surface area contributed by atoms with Gasteiger partial charge in [-0.15, -0.1) is 11.3 Å². The van der Waals surface area contributed by atoms with Crippen LogP contribution in [-0.2, 0) is 11.2 Å². The van der Waals surface area contributed by atoms with Crippen LogP contribution in [-0.4, -0.2) is 30.1 Å². The highest BCUT2D eigenvalue weighted by Crippen LogP contribution is 2.50. The highest BCUT2D eigenvalue weighted by Gasteiger charge is 2.51. The Labute approximate surface area is 194 Å². The summed E-state index contributed by atoms with van der Waals surface area (Å²) in [5.41, 5.74) is 3.36. The third-order valence-electron chi connectivity index (χ3n) is 6.49. The van der Waals surface area contributed by atoms with E-state index in [9.17, 15) is 10.2 Å². The van der Waals surface area contributed by atoms with E-state index in [1.54, 1.807) is 36.7 Å². The molecule has 2 atom stereocenters. The van der Waals surface area contributed by atoms with Gasteiger partial charge in [-0.05, 0) is 42.7 Å². The Morgan fingerprint density at radius 1 is 1.12 bits per heavy atom. The second-order valence-electron chi connectivity index (χ2n) is 8.76. The molecule has 0 spiro atoms. The molecular formula is C26H22N4O2S. The molecular weight excluding hydrogens is 432 g/mol. The van der Waals surface area contributed by atoms with E-state index in [2.05, 4.69) is 20.3 Å². The molecule has 6 rings (SSSR count). The number of allylic oxidation sites excluding steroid dienone is 4. The normalized spacial score (nSPS) is 24.5. The van der Waals surface area contributed by atoms with Crippen LogP contribution in [0.15, 0.2) is 78.1 Å². The van der Waals surface area contributed by atoms with Gasteiger partial charge in [0.05, 0.1) is 17.0 Å². The Morgan fingerprint density at radius 2 is 1.97 bits per heavy atom. The quantitative estimate of drug-likeness (QED) is 0.411. The number of fused-ring (bicyclic) bond motifs is 2. The van der Waals surface area contributed by atoms with Crippen molar-refractivity contribution >= 4 is 27.9 Å². The van der Waals surface area contributed by atoms with E-state index in [1.165, 1.54) is 0 Å². The van der Waals surface area contributed by atoms with Gasteiger partial charge in [0.25, 0.3) is 0 Å². The maximum Gasteiger partial charge on any atom is 0.137 e. The van der Waals surface area contributed by atoms with Gasteiger partial charge < -0.3 is 15.2 Å². The fourth-order valence-corrected chi connectivity index (χ4v) is 5.76. The Morgan fingerprint density at radius 3 is 2.88 bits per heavy atom. The summed E-state index contributed by atoms with van der Waals surface area (Å²) in [7, 11) is 0. The van der Waals surface area contributed by atoms with E-state index in [-0.39, 0.29) is 6.42 Å². The van der Waals surface area contributed by atoms with Crippen LogP contribution in [0.5, 0.6) is 0 Å². The van der Waals surface area contributed by atoms with Crippen LogP contribution >= 0.6 is 11.3 Å². The first-order chi connectivity index (χ1) is 16.0. The Bertz CT molecular complexity index is 1480. The highest BCUT2D eigenvalue weighted by molar-refractivity contribution is 7.13. The number of aromatic amines is 1. The first-order valence-electron chi connectivity index (χ1n) is 10.8. The molecule has 0 radical (unpaired) electrons. The number of thiazole rings is 1. The third kappa shape index (κ3) is 3.20. The highest BCUT2D eigenvalue weighted by atomic mass is 32.1. The molecule has 0 saturated carbocycles. The second kappa shape index (κ2) is 7.31. The first-order valence-corrected chi connectivity index (χ1v) is 11.7. The number of H-pyrrole nitrogens is 1. The number of hydrogen-bond donors (Lipinski definition) is 3. The molecule has 0 aliphatic heterocycles. The zero-order valence-corrected chi connectivity index (χ0v) is 18.8. The number of aliphatic hydroxyl groups is 2. The van der Waals surface area contributed by atoms with Crippen molar-refractivity contribution in [2.24, 2.45) is 0 Å². The molecule has 164 valence electrons. The van der Waals surface area contributed by atoms with Gasteiger partial charge in [0, 0.05) is 46.9 Å². The molecule has 4 aromatic heterocycles. The lowest BCUT2D eigenvalue weighted by molar-refractivity contribution is -0.0148. The summed E-state index contributed by atoms with van der Waals surface area (Å²) in [4.78, 5) is 16.9. The number of hydrogen-bond acceptors (Lipinski definition) is 6. The van der Waals surface area contributed by atoms with Gasteiger partial charge in [-0.2, -0.15) is 0 Å². The predicted octanol–water partition coefficient (Wildman–Crippen LogP) is 4.85. The average molecular weight is 455 g/mol. The van der Waals surface area contributed by atoms with Crippen LogP contribution in [0.25, 0.3) is 27.2 Å². The van der Waals surface area contributed by atoms with Crippen molar-refractivity contribution in [3.63, 3.8) is 0 Å². The van der Waals surface area contributed by atoms with E-state index in [0.29, 0.717) is 17.7 Å². The molecule has 7 heteroatoms. The summed E-state index contributed by atoms with van der Waals surface area (Å²) in [6.07, 6.45) is 14.1. The van der Waals surface area contributed by atoms with Crippen molar-refractivity contribution in [2.75, 3.05) is 0 Å². The van der Waals surface area contributed by atoms with Crippen LogP contribution in [0.3, 0.4) is 0 Å². The van der Waals surface area contributed by atoms with Gasteiger partial charge in [-0.3, -0.25) is 4.98 Å². The zero-order valence-electron chi connectivity index (χ0n) is 18.0. The predicted molar refractivity (Wildman–Crippen MR) is 129 cm³/mol. The largest absolute Gasteiger partial charge is 0.385 e. The third-order valence-corrected chi connectivity index (χ3v) is 7.36. The Balaban J connectivity index is 1.31. The SMILES string of the molecule is C[C@]1(O)C[C@@](O)(C2=CCC(c3csc(-c4c[nH]c5ncccc45)n3)=CC=C2)c2ncccc21. The van der Waals surface area contributed by atoms with Crippen molar-refractivity contribution in [1.82, 2.24) is 19.9 Å². The van der Waals surface area contributed by atoms with Crippen LogP contribution in [0.4, 0.5) is 0 Å². The van der Waals surface area contributed by atoms with Crippen LogP contribution < -0.4 is 0 Å². The lowest BCUT2D eigenvalue weighted by Crippen LogP contribution is -2.28. The first kappa shape index (κ1) is 20.2. The lowest BCUT2D eigenvalue weighted by atomic mass is 9.87. The topological polar surface area (TPSA) is 94.9 Å². The maximum absolute atomic E-state index is 11.6. The number of rotatable bonds is 3. The monoisotopic (exact) mass is 454 g/mol. The molecule has 0 fully saturated rings. The van der Waals surface area contributed by atoms with Crippen LogP contribution in [0, 0.1) is 0 Å². The van der Waals surface area contributed by atoms with Crippen molar-refractivity contribution in [3.05, 3.63) is 95.1 Å². The van der Waals surface area contributed by atoms with E-state index < -0.39 is 11.2 Å². The molecule has 0 unspecified atom stereocenters.